The summed E-state index contributed by atoms with van der Waals surface area (Å²) in [5.41, 5.74) is 3.43. The predicted octanol–water partition coefficient (Wildman–Crippen LogP) is 3.23. The topological polar surface area (TPSA) is 33.1 Å². The third-order valence-electron chi connectivity index (χ3n) is 3.87. The Bertz CT molecular complexity index is 538. The van der Waals surface area contributed by atoms with Gasteiger partial charge in [-0.3, -0.25) is 4.98 Å². The molecule has 92 valence electrons. The van der Waals surface area contributed by atoms with Gasteiger partial charge in [0.25, 0.3) is 0 Å². The standard InChI is InChI=1S/C16H17NO/c1-11-7-8-17-10-15(11)16(18)14-9-13(14)12-5-3-2-4-6-12/h2-8,10,13-14,16,18H,9H2,1H3. The third kappa shape index (κ3) is 2.04. The van der Waals surface area contributed by atoms with E-state index in [0.29, 0.717) is 11.8 Å². The molecule has 3 atom stereocenters. The van der Waals surface area contributed by atoms with E-state index in [2.05, 4.69) is 29.2 Å². The van der Waals surface area contributed by atoms with E-state index < -0.39 is 0 Å². The van der Waals surface area contributed by atoms with Crippen LogP contribution in [-0.2, 0) is 0 Å². The first-order valence-corrected chi connectivity index (χ1v) is 6.41. The van der Waals surface area contributed by atoms with Gasteiger partial charge in [0.1, 0.15) is 0 Å². The van der Waals surface area contributed by atoms with Crippen LogP contribution in [0.25, 0.3) is 0 Å². The third-order valence-corrected chi connectivity index (χ3v) is 3.87. The molecule has 1 N–H and O–H groups in total. The number of rotatable bonds is 3. The van der Waals surface area contributed by atoms with Gasteiger partial charge in [0.05, 0.1) is 6.10 Å². The molecule has 0 saturated heterocycles. The first-order chi connectivity index (χ1) is 8.77. The summed E-state index contributed by atoms with van der Waals surface area (Å²) in [6.07, 6.45) is 4.25. The van der Waals surface area contributed by atoms with E-state index in [-0.39, 0.29) is 6.10 Å². The monoisotopic (exact) mass is 239 g/mol. The summed E-state index contributed by atoms with van der Waals surface area (Å²) in [6, 6.07) is 12.4. The van der Waals surface area contributed by atoms with E-state index in [1.54, 1.807) is 12.4 Å². The molecule has 0 spiro atoms. The van der Waals surface area contributed by atoms with Gasteiger partial charge in [-0.25, -0.2) is 0 Å². The number of pyridine rings is 1. The molecule has 0 amide bonds. The number of hydrogen-bond acceptors (Lipinski definition) is 2. The first-order valence-electron chi connectivity index (χ1n) is 6.41. The van der Waals surface area contributed by atoms with Crippen molar-refractivity contribution in [3.63, 3.8) is 0 Å². The lowest BCUT2D eigenvalue weighted by atomic mass is 9.99. The van der Waals surface area contributed by atoms with Gasteiger partial charge in [0, 0.05) is 18.0 Å². The second-order valence-electron chi connectivity index (χ2n) is 5.09. The van der Waals surface area contributed by atoms with Crippen LogP contribution in [0.1, 0.15) is 35.1 Å². The smallest absolute Gasteiger partial charge is 0.0841 e. The summed E-state index contributed by atoms with van der Waals surface area (Å²) in [5, 5.41) is 10.4. The molecular weight excluding hydrogens is 222 g/mol. The Labute approximate surface area is 107 Å². The normalized spacial score (nSPS) is 23.7. The van der Waals surface area contributed by atoms with Gasteiger partial charge in [-0.05, 0) is 42.4 Å². The summed E-state index contributed by atoms with van der Waals surface area (Å²) in [6.45, 7) is 2.03. The Hall–Kier alpha value is -1.67. The quantitative estimate of drug-likeness (QED) is 0.892. The summed E-state index contributed by atoms with van der Waals surface area (Å²) in [5.74, 6) is 0.844. The van der Waals surface area contributed by atoms with Crippen LogP contribution in [-0.4, -0.2) is 10.1 Å². The van der Waals surface area contributed by atoms with E-state index in [9.17, 15) is 5.11 Å². The maximum atomic E-state index is 10.4. The molecule has 1 aliphatic rings. The van der Waals surface area contributed by atoms with Crippen molar-refractivity contribution in [2.24, 2.45) is 5.92 Å². The number of aliphatic hydroxyl groups is 1. The molecule has 1 heterocycles. The Morgan fingerprint density at radius 1 is 1.22 bits per heavy atom. The van der Waals surface area contributed by atoms with Gasteiger partial charge >= 0.3 is 0 Å². The minimum absolute atomic E-state index is 0.343. The Kier molecular flexibility index (Phi) is 2.88. The Morgan fingerprint density at radius 2 is 2.00 bits per heavy atom. The van der Waals surface area contributed by atoms with E-state index >= 15 is 0 Å². The van der Waals surface area contributed by atoms with Crippen LogP contribution in [0, 0.1) is 12.8 Å². The van der Waals surface area contributed by atoms with Crippen LogP contribution in [0.15, 0.2) is 48.8 Å². The van der Waals surface area contributed by atoms with E-state index in [4.69, 9.17) is 0 Å². The molecule has 0 radical (unpaired) electrons. The number of hydrogen-bond donors (Lipinski definition) is 1. The second kappa shape index (κ2) is 4.54. The van der Waals surface area contributed by atoms with Gasteiger partial charge in [-0.15, -0.1) is 0 Å². The summed E-state index contributed by atoms with van der Waals surface area (Å²) in [4.78, 5) is 4.11. The minimum Gasteiger partial charge on any atom is -0.388 e. The van der Waals surface area contributed by atoms with Crippen LogP contribution >= 0.6 is 0 Å². The molecule has 2 heteroatoms. The van der Waals surface area contributed by atoms with Crippen LogP contribution in [0.3, 0.4) is 0 Å². The maximum Gasteiger partial charge on any atom is 0.0841 e. The molecule has 2 nitrogen and oxygen atoms in total. The average Bonchev–Trinajstić information content (AvgIpc) is 3.20. The lowest BCUT2D eigenvalue weighted by Gasteiger charge is -2.13. The Morgan fingerprint density at radius 3 is 2.72 bits per heavy atom. The molecule has 1 saturated carbocycles. The highest BCUT2D eigenvalue weighted by Crippen LogP contribution is 2.54. The van der Waals surface area contributed by atoms with Crippen LogP contribution in [0.5, 0.6) is 0 Å². The number of benzene rings is 1. The van der Waals surface area contributed by atoms with Crippen molar-refractivity contribution in [3.05, 3.63) is 65.5 Å². The fourth-order valence-electron chi connectivity index (χ4n) is 2.66. The molecule has 3 unspecified atom stereocenters. The maximum absolute atomic E-state index is 10.4. The zero-order valence-corrected chi connectivity index (χ0v) is 10.5. The molecule has 1 aromatic heterocycles. The Balaban J connectivity index is 1.77. The van der Waals surface area contributed by atoms with Crippen molar-refractivity contribution < 1.29 is 5.11 Å². The van der Waals surface area contributed by atoms with Crippen molar-refractivity contribution in [1.82, 2.24) is 4.98 Å². The molecule has 3 rings (SSSR count). The molecule has 1 aromatic carbocycles. The highest BCUT2D eigenvalue weighted by molar-refractivity contribution is 5.31. The number of aliphatic hydroxyl groups excluding tert-OH is 1. The van der Waals surface area contributed by atoms with Crippen LogP contribution in [0.4, 0.5) is 0 Å². The van der Waals surface area contributed by atoms with E-state index in [1.807, 2.05) is 19.1 Å². The van der Waals surface area contributed by atoms with Crippen LogP contribution < -0.4 is 0 Å². The fraction of sp³-hybridized carbons (Fsp3) is 0.312. The van der Waals surface area contributed by atoms with E-state index in [0.717, 1.165) is 17.5 Å². The molecule has 1 fully saturated rings. The van der Waals surface area contributed by atoms with Crippen molar-refractivity contribution in [2.45, 2.75) is 25.4 Å². The largest absolute Gasteiger partial charge is 0.388 e. The number of nitrogens with zero attached hydrogens (tertiary/aromatic N) is 1. The van der Waals surface area contributed by atoms with Gasteiger partial charge in [0.2, 0.25) is 0 Å². The van der Waals surface area contributed by atoms with Gasteiger partial charge in [-0.2, -0.15) is 0 Å². The zero-order valence-electron chi connectivity index (χ0n) is 10.5. The number of aryl methyl sites for hydroxylation is 1. The van der Waals surface area contributed by atoms with Crippen LogP contribution in [0.2, 0.25) is 0 Å². The second-order valence-corrected chi connectivity index (χ2v) is 5.09. The fourth-order valence-corrected chi connectivity index (χ4v) is 2.66. The lowest BCUT2D eigenvalue weighted by molar-refractivity contribution is 0.150. The highest BCUT2D eigenvalue weighted by Gasteiger charge is 2.44. The summed E-state index contributed by atoms with van der Waals surface area (Å²) >= 11 is 0. The van der Waals surface area contributed by atoms with Gasteiger partial charge in [0.15, 0.2) is 0 Å². The molecule has 0 bridgehead atoms. The van der Waals surface area contributed by atoms with E-state index in [1.165, 1.54) is 5.56 Å². The van der Waals surface area contributed by atoms with Crippen molar-refractivity contribution in [3.8, 4) is 0 Å². The average molecular weight is 239 g/mol. The highest BCUT2D eigenvalue weighted by atomic mass is 16.3. The summed E-state index contributed by atoms with van der Waals surface area (Å²) < 4.78 is 0. The molecule has 1 aliphatic carbocycles. The van der Waals surface area contributed by atoms with Gasteiger partial charge in [-0.1, -0.05) is 30.3 Å². The zero-order chi connectivity index (χ0) is 12.5. The van der Waals surface area contributed by atoms with Crippen molar-refractivity contribution >= 4 is 0 Å². The lowest BCUT2D eigenvalue weighted by Crippen LogP contribution is -2.04. The number of aromatic nitrogens is 1. The van der Waals surface area contributed by atoms with Gasteiger partial charge < -0.3 is 5.11 Å². The molecular formula is C16H17NO. The van der Waals surface area contributed by atoms with Crippen molar-refractivity contribution in [2.75, 3.05) is 0 Å². The molecule has 2 aromatic rings. The predicted molar refractivity (Wildman–Crippen MR) is 71.2 cm³/mol. The summed E-state index contributed by atoms with van der Waals surface area (Å²) in [7, 11) is 0. The van der Waals surface area contributed by atoms with Crippen molar-refractivity contribution in [1.29, 1.82) is 0 Å². The first kappa shape index (κ1) is 11.4. The molecule has 18 heavy (non-hydrogen) atoms. The minimum atomic E-state index is -0.385. The SMILES string of the molecule is Cc1ccncc1C(O)C1CC1c1ccccc1. The molecule has 0 aliphatic heterocycles.